The molecule has 0 spiro atoms. The van der Waals surface area contributed by atoms with Crippen LogP contribution in [-0.4, -0.2) is 0 Å². The lowest BCUT2D eigenvalue weighted by molar-refractivity contribution is 0.581. The number of rotatable bonds is 7. The van der Waals surface area contributed by atoms with Gasteiger partial charge in [0.2, 0.25) is 0 Å². The topological polar surface area (TPSA) is 0 Å². The first kappa shape index (κ1) is 25.3. The smallest absolute Gasteiger partial charge is 0.0210 e. The molecule has 0 N–H and O–H groups in total. The zero-order valence-corrected chi connectivity index (χ0v) is 23.1. The van der Waals surface area contributed by atoms with Crippen LogP contribution in [0.15, 0.2) is 104 Å². The Hall–Kier alpha value is -3.38. The fourth-order valence-electron chi connectivity index (χ4n) is 6.09. The first-order chi connectivity index (χ1) is 17.7. The van der Waals surface area contributed by atoms with E-state index in [4.69, 9.17) is 0 Å². The van der Waals surface area contributed by atoms with Gasteiger partial charge in [-0.05, 0) is 74.8 Å². The van der Waals surface area contributed by atoms with Crippen molar-refractivity contribution in [1.82, 2.24) is 0 Å². The molecular weight excluding hydrogens is 444 g/mol. The van der Waals surface area contributed by atoms with E-state index in [2.05, 4.69) is 132 Å². The van der Waals surface area contributed by atoms with Gasteiger partial charge in [0.25, 0.3) is 0 Å². The van der Waals surface area contributed by atoms with E-state index in [1.54, 1.807) is 0 Å². The van der Waals surface area contributed by atoms with Gasteiger partial charge in [-0.15, -0.1) is 6.58 Å². The van der Waals surface area contributed by atoms with Crippen LogP contribution in [0.3, 0.4) is 0 Å². The lowest BCUT2D eigenvalue weighted by Crippen LogP contribution is -2.17. The summed E-state index contributed by atoms with van der Waals surface area (Å²) in [6.45, 7) is 15.7. The van der Waals surface area contributed by atoms with Crippen molar-refractivity contribution in [3.05, 3.63) is 137 Å². The summed E-state index contributed by atoms with van der Waals surface area (Å²) in [5.74, 6) is 0.371. The molecule has 0 aromatic heterocycles. The summed E-state index contributed by atoms with van der Waals surface area (Å²) in [5.41, 5.74) is 12.9. The van der Waals surface area contributed by atoms with Crippen molar-refractivity contribution < 1.29 is 0 Å². The molecule has 0 saturated heterocycles. The maximum Gasteiger partial charge on any atom is 0.0210 e. The summed E-state index contributed by atoms with van der Waals surface area (Å²) in [6, 6.07) is 22.8. The SMILES string of the molecule is C=CCCC(=CC(C)(C)c1ccc2c(c1)Cc1c-2ccc(C(C)(C)C)c1C1C=CC=C1)c1ccccc1. The summed E-state index contributed by atoms with van der Waals surface area (Å²) >= 11 is 0. The van der Waals surface area contributed by atoms with Crippen LogP contribution < -0.4 is 0 Å². The number of hydrogen-bond acceptors (Lipinski definition) is 0. The molecule has 3 aromatic rings. The Morgan fingerprint density at radius 3 is 2.27 bits per heavy atom. The van der Waals surface area contributed by atoms with Crippen LogP contribution in [0.2, 0.25) is 0 Å². The average molecular weight is 485 g/mol. The first-order valence-corrected chi connectivity index (χ1v) is 13.7. The van der Waals surface area contributed by atoms with Crippen molar-refractivity contribution in [2.45, 2.75) is 70.6 Å². The van der Waals surface area contributed by atoms with Gasteiger partial charge in [0.15, 0.2) is 0 Å². The molecule has 0 heterocycles. The van der Waals surface area contributed by atoms with Gasteiger partial charge in [-0.3, -0.25) is 0 Å². The van der Waals surface area contributed by atoms with Crippen LogP contribution in [0, 0.1) is 0 Å². The second-order valence-corrected chi connectivity index (χ2v) is 12.2. The predicted molar refractivity (Wildman–Crippen MR) is 161 cm³/mol. The fraction of sp³-hybridized carbons (Fsp3) is 0.297. The van der Waals surface area contributed by atoms with Crippen LogP contribution in [0.25, 0.3) is 16.7 Å². The minimum absolute atomic E-state index is 0.0769. The molecule has 5 rings (SSSR count). The molecule has 0 heteroatoms. The molecule has 0 fully saturated rings. The maximum atomic E-state index is 3.96. The van der Waals surface area contributed by atoms with Crippen molar-refractivity contribution in [2.75, 3.05) is 0 Å². The van der Waals surface area contributed by atoms with Crippen LogP contribution in [0.4, 0.5) is 0 Å². The molecule has 0 bridgehead atoms. The highest BCUT2D eigenvalue weighted by Crippen LogP contribution is 2.46. The van der Waals surface area contributed by atoms with E-state index in [-0.39, 0.29) is 10.8 Å². The van der Waals surface area contributed by atoms with Crippen molar-refractivity contribution in [3.8, 4) is 11.1 Å². The van der Waals surface area contributed by atoms with Crippen molar-refractivity contribution in [2.24, 2.45) is 0 Å². The molecule has 2 aliphatic carbocycles. The van der Waals surface area contributed by atoms with Crippen LogP contribution in [-0.2, 0) is 17.3 Å². The van der Waals surface area contributed by atoms with Gasteiger partial charge in [-0.1, -0.05) is 132 Å². The van der Waals surface area contributed by atoms with Crippen LogP contribution >= 0.6 is 0 Å². The Morgan fingerprint density at radius 1 is 0.892 bits per heavy atom. The highest BCUT2D eigenvalue weighted by molar-refractivity contribution is 5.80. The summed E-state index contributed by atoms with van der Waals surface area (Å²) < 4.78 is 0. The molecule has 0 saturated carbocycles. The molecule has 3 aromatic carbocycles. The highest BCUT2D eigenvalue weighted by Gasteiger charge is 2.31. The maximum absolute atomic E-state index is 3.96. The minimum Gasteiger partial charge on any atom is -0.103 e. The van der Waals surface area contributed by atoms with Gasteiger partial charge in [-0.25, -0.2) is 0 Å². The summed E-state index contributed by atoms with van der Waals surface area (Å²) in [5, 5.41) is 0. The zero-order chi connectivity index (χ0) is 26.2. The minimum atomic E-state index is -0.0769. The Bertz CT molecular complexity index is 1390. The van der Waals surface area contributed by atoms with E-state index in [1.165, 1.54) is 50.1 Å². The summed E-state index contributed by atoms with van der Waals surface area (Å²) in [6.07, 6.45) is 16.6. The number of benzene rings is 3. The molecule has 0 radical (unpaired) electrons. The first-order valence-electron chi connectivity index (χ1n) is 13.7. The van der Waals surface area contributed by atoms with Crippen molar-refractivity contribution in [1.29, 1.82) is 0 Å². The Balaban J connectivity index is 1.55. The lowest BCUT2D eigenvalue weighted by Gasteiger charge is -2.27. The van der Waals surface area contributed by atoms with Gasteiger partial charge < -0.3 is 0 Å². The zero-order valence-electron chi connectivity index (χ0n) is 23.1. The quantitative estimate of drug-likeness (QED) is 0.229. The molecule has 0 amide bonds. The van der Waals surface area contributed by atoms with Gasteiger partial charge in [0.1, 0.15) is 0 Å². The Labute approximate surface area is 224 Å². The molecule has 37 heavy (non-hydrogen) atoms. The van der Waals surface area contributed by atoms with Gasteiger partial charge in [-0.2, -0.15) is 0 Å². The number of fused-ring (bicyclic) bond motifs is 3. The third-order valence-electron chi connectivity index (χ3n) is 8.05. The molecule has 188 valence electrons. The van der Waals surface area contributed by atoms with Crippen molar-refractivity contribution >= 4 is 5.57 Å². The van der Waals surface area contributed by atoms with Crippen LogP contribution in [0.1, 0.15) is 86.8 Å². The monoisotopic (exact) mass is 484 g/mol. The molecule has 2 aliphatic rings. The molecule has 0 unspecified atom stereocenters. The van der Waals surface area contributed by atoms with Crippen LogP contribution in [0.5, 0.6) is 0 Å². The molecule has 0 nitrogen and oxygen atoms in total. The third-order valence-corrected chi connectivity index (χ3v) is 8.05. The van der Waals surface area contributed by atoms with Gasteiger partial charge in [0.05, 0.1) is 0 Å². The van der Waals surface area contributed by atoms with E-state index in [0.717, 1.165) is 19.3 Å². The molecule has 0 atom stereocenters. The normalized spacial score (nSPS) is 15.2. The fourth-order valence-corrected chi connectivity index (χ4v) is 6.09. The highest BCUT2D eigenvalue weighted by atomic mass is 14.3. The van der Waals surface area contributed by atoms with E-state index in [9.17, 15) is 0 Å². The lowest BCUT2D eigenvalue weighted by atomic mass is 9.77. The number of allylic oxidation sites excluding steroid dienone is 7. The molecule has 0 aliphatic heterocycles. The van der Waals surface area contributed by atoms with E-state index in [0.29, 0.717) is 5.92 Å². The van der Waals surface area contributed by atoms with Crippen molar-refractivity contribution in [3.63, 3.8) is 0 Å². The third kappa shape index (κ3) is 4.95. The van der Waals surface area contributed by atoms with E-state index >= 15 is 0 Å². The average Bonchev–Trinajstić information content (AvgIpc) is 3.53. The predicted octanol–water partition coefficient (Wildman–Crippen LogP) is 10.1. The van der Waals surface area contributed by atoms with Gasteiger partial charge in [0, 0.05) is 11.3 Å². The number of hydrogen-bond donors (Lipinski definition) is 0. The summed E-state index contributed by atoms with van der Waals surface area (Å²) in [7, 11) is 0. The second-order valence-electron chi connectivity index (χ2n) is 12.2. The second kappa shape index (κ2) is 9.82. The van der Waals surface area contributed by atoms with E-state index < -0.39 is 0 Å². The summed E-state index contributed by atoms with van der Waals surface area (Å²) in [4.78, 5) is 0. The Kier molecular flexibility index (Phi) is 6.71. The largest absolute Gasteiger partial charge is 0.103 e. The Morgan fingerprint density at radius 2 is 1.59 bits per heavy atom. The van der Waals surface area contributed by atoms with Gasteiger partial charge >= 0.3 is 0 Å². The van der Waals surface area contributed by atoms with E-state index in [1.807, 2.05) is 6.08 Å². The standard InChI is InChI=1S/C37H40/c1-7-8-14-28(26-15-10-9-11-16-26)25-37(5,6)30-19-20-31-29(23-30)24-33-32(31)21-22-34(36(2,3)4)35(33)27-17-12-13-18-27/h7,9-13,15-23,25,27H,1,8,14,24H2,2-6H3. The molecular formula is C37H40.